The molecule has 4 rings (SSSR count). The molecular weight excluding hydrogens is 370 g/mol. The first kappa shape index (κ1) is 19.0. The van der Waals surface area contributed by atoms with Gasteiger partial charge in [0.25, 0.3) is 0 Å². The molecular formula is C23H26ClN3O. The SMILES string of the molecule is COc1cccc(CN2CCC(c3[nH]ncc3Cc3ccccc3)CC2)c1Cl. The number of likely N-dealkylation sites (tertiary alicyclic amines) is 1. The molecule has 4 nitrogen and oxygen atoms in total. The van der Waals surface area contributed by atoms with Crippen LogP contribution < -0.4 is 4.74 Å². The van der Waals surface area contributed by atoms with E-state index in [2.05, 4.69) is 51.5 Å². The Kier molecular flexibility index (Phi) is 5.98. The van der Waals surface area contributed by atoms with E-state index in [1.54, 1.807) is 7.11 Å². The number of piperidine rings is 1. The quantitative estimate of drug-likeness (QED) is 0.635. The van der Waals surface area contributed by atoms with Crippen LogP contribution in [0.4, 0.5) is 0 Å². The molecule has 3 aromatic rings. The fourth-order valence-corrected chi connectivity index (χ4v) is 4.35. The van der Waals surface area contributed by atoms with Gasteiger partial charge in [0.05, 0.1) is 18.3 Å². The van der Waals surface area contributed by atoms with E-state index in [0.717, 1.165) is 55.2 Å². The number of aromatic nitrogens is 2. The molecule has 0 atom stereocenters. The maximum absolute atomic E-state index is 6.47. The average molecular weight is 396 g/mol. The van der Waals surface area contributed by atoms with E-state index < -0.39 is 0 Å². The molecule has 0 unspecified atom stereocenters. The molecule has 1 aliphatic heterocycles. The van der Waals surface area contributed by atoms with Crippen molar-refractivity contribution >= 4 is 11.6 Å². The lowest BCUT2D eigenvalue weighted by molar-refractivity contribution is 0.203. The molecule has 28 heavy (non-hydrogen) atoms. The highest BCUT2D eigenvalue weighted by molar-refractivity contribution is 6.32. The van der Waals surface area contributed by atoms with E-state index in [1.807, 2.05) is 18.3 Å². The van der Waals surface area contributed by atoms with Gasteiger partial charge in [-0.1, -0.05) is 54.1 Å². The Hall–Kier alpha value is -2.30. The topological polar surface area (TPSA) is 41.1 Å². The van der Waals surface area contributed by atoms with E-state index in [0.29, 0.717) is 5.92 Å². The molecule has 0 amide bonds. The van der Waals surface area contributed by atoms with Crippen molar-refractivity contribution in [1.82, 2.24) is 15.1 Å². The van der Waals surface area contributed by atoms with E-state index in [1.165, 1.54) is 16.8 Å². The van der Waals surface area contributed by atoms with Crippen LogP contribution in [0, 0.1) is 0 Å². The van der Waals surface area contributed by atoms with Gasteiger partial charge in [0.15, 0.2) is 0 Å². The van der Waals surface area contributed by atoms with Gasteiger partial charge in [0, 0.05) is 24.6 Å². The predicted octanol–water partition coefficient (Wildman–Crippen LogP) is 5.04. The summed E-state index contributed by atoms with van der Waals surface area (Å²) in [5, 5.41) is 8.35. The van der Waals surface area contributed by atoms with Crippen LogP contribution in [0.25, 0.3) is 0 Å². The number of hydrogen-bond acceptors (Lipinski definition) is 3. The fraction of sp³-hybridized carbons (Fsp3) is 0.348. The molecule has 0 radical (unpaired) electrons. The Bertz CT molecular complexity index is 901. The van der Waals surface area contributed by atoms with Crippen LogP contribution in [0.15, 0.2) is 54.7 Å². The third kappa shape index (κ3) is 4.23. The summed E-state index contributed by atoms with van der Waals surface area (Å²) in [7, 11) is 1.66. The van der Waals surface area contributed by atoms with Crippen molar-refractivity contribution in [2.24, 2.45) is 0 Å². The first-order valence-electron chi connectivity index (χ1n) is 9.84. The number of nitrogens with one attached hydrogen (secondary N) is 1. The summed E-state index contributed by atoms with van der Waals surface area (Å²) >= 11 is 6.47. The number of halogens is 1. The Morgan fingerprint density at radius 2 is 1.86 bits per heavy atom. The molecule has 1 aliphatic rings. The highest BCUT2D eigenvalue weighted by Crippen LogP contribution is 2.33. The molecule has 1 saturated heterocycles. The summed E-state index contributed by atoms with van der Waals surface area (Å²) in [6.45, 7) is 2.98. The van der Waals surface area contributed by atoms with Gasteiger partial charge in [-0.25, -0.2) is 0 Å². The standard InChI is InChI=1S/C23H26ClN3O/c1-28-21-9-5-8-19(22(21)24)16-27-12-10-18(11-13-27)23-20(15-25-26-23)14-17-6-3-2-4-7-17/h2-9,15,18H,10-14,16H2,1H3,(H,25,26). The number of hydrogen-bond donors (Lipinski definition) is 1. The number of benzene rings is 2. The molecule has 5 heteroatoms. The summed E-state index contributed by atoms with van der Waals surface area (Å²) in [4.78, 5) is 2.48. The number of ether oxygens (including phenoxy) is 1. The molecule has 1 N–H and O–H groups in total. The lowest BCUT2D eigenvalue weighted by Gasteiger charge is -2.32. The second kappa shape index (κ2) is 8.80. The fourth-order valence-electron chi connectivity index (χ4n) is 4.09. The zero-order valence-electron chi connectivity index (χ0n) is 16.2. The van der Waals surface area contributed by atoms with Gasteiger partial charge < -0.3 is 4.74 Å². The number of H-pyrrole nitrogens is 1. The van der Waals surface area contributed by atoms with Crippen LogP contribution in [-0.4, -0.2) is 35.3 Å². The Balaban J connectivity index is 1.38. The van der Waals surface area contributed by atoms with Crippen LogP contribution >= 0.6 is 11.6 Å². The number of aromatic amines is 1. The molecule has 0 aliphatic carbocycles. The Labute approximate surface area is 171 Å². The van der Waals surface area contributed by atoms with Gasteiger partial charge in [-0.15, -0.1) is 0 Å². The summed E-state index contributed by atoms with van der Waals surface area (Å²) in [5.41, 5.74) is 5.09. The third-order valence-corrected chi connectivity index (χ3v) is 6.07. The maximum Gasteiger partial charge on any atom is 0.137 e. The van der Waals surface area contributed by atoms with Crippen LogP contribution in [-0.2, 0) is 13.0 Å². The van der Waals surface area contributed by atoms with Crippen molar-refractivity contribution < 1.29 is 4.74 Å². The van der Waals surface area contributed by atoms with Crippen LogP contribution in [0.5, 0.6) is 5.75 Å². The average Bonchev–Trinajstić information content (AvgIpc) is 3.19. The minimum Gasteiger partial charge on any atom is -0.495 e. The number of nitrogens with zero attached hydrogens (tertiary/aromatic N) is 2. The minimum atomic E-state index is 0.540. The summed E-state index contributed by atoms with van der Waals surface area (Å²) in [5.74, 6) is 1.29. The van der Waals surface area contributed by atoms with Gasteiger partial charge in [-0.05, 0) is 48.7 Å². The van der Waals surface area contributed by atoms with Crippen LogP contribution in [0.1, 0.15) is 41.1 Å². The normalized spacial score (nSPS) is 15.6. The zero-order valence-corrected chi connectivity index (χ0v) is 17.0. The van der Waals surface area contributed by atoms with E-state index in [4.69, 9.17) is 16.3 Å². The molecule has 1 fully saturated rings. The smallest absolute Gasteiger partial charge is 0.137 e. The maximum atomic E-state index is 6.47. The minimum absolute atomic E-state index is 0.540. The van der Waals surface area contributed by atoms with E-state index >= 15 is 0 Å². The van der Waals surface area contributed by atoms with Gasteiger partial charge in [0.2, 0.25) is 0 Å². The van der Waals surface area contributed by atoms with Gasteiger partial charge in [0.1, 0.15) is 5.75 Å². The summed E-state index contributed by atoms with van der Waals surface area (Å²) in [6.07, 6.45) is 5.19. The predicted molar refractivity (Wildman–Crippen MR) is 113 cm³/mol. The van der Waals surface area contributed by atoms with Gasteiger partial charge in [-0.3, -0.25) is 10.00 Å². The van der Waals surface area contributed by atoms with Crippen LogP contribution in [0.2, 0.25) is 5.02 Å². The van der Waals surface area contributed by atoms with Crippen molar-refractivity contribution in [2.45, 2.75) is 31.7 Å². The van der Waals surface area contributed by atoms with Crippen molar-refractivity contribution in [3.05, 3.63) is 82.1 Å². The van der Waals surface area contributed by atoms with Gasteiger partial charge >= 0.3 is 0 Å². The zero-order chi connectivity index (χ0) is 19.3. The first-order chi connectivity index (χ1) is 13.7. The molecule has 0 spiro atoms. The number of methoxy groups -OCH3 is 1. The lowest BCUT2D eigenvalue weighted by Crippen LogP contribution is -2.33. The summed E-state index contributed by atoms with van der Waals surface area (Å²) in [6, 6.07) is 16.6. The molecule has 1 aromatic heterocycles. The van der Waals surface area contributed by atoms with Crippen molar-refractivity contribution in [1.29, 1.82) is 0 Å². The third-order valence-electron chi connectivity index (χ3n) is 5.64. The van der Waals surface area contributed by atoms with Crippen molar-refractivity contribution in [2.75, 3.05) is 20.2 Å². The Morgan fingerprint density at radius 1 is 1.07 bits per heavy atom. The molecule has 0 bridgehead atoms. The first-order valence-corrected chi connectivity index (χ1v) is 10.2. The lowest BCUT2D eigenvalue weighted by atomic mass is 9.89. The van der Waals surface area contributed by atoms with Gasteiger partial charge in [-0.2, -0.15) is 5.10 Å². The Morgan fingerprint density at radius 3 is 2.61 bits per heavy atom. The van der Waals surface area contributed by atoms with E-state index in [-0.39, 0.29) is 0 Å². The van der Waals surface area contributed by atoms with Crippen LogP contribution in [0.3, 0.4) is 0 Å². The largest absolute Gasteiger partial charge is 0.495 e. The van der Waals surface area contributed by atoms with Crippen molar-refractivity contribution in [3.8, 4) is 5.75 Å². The second-order valence-corrected chi connectivity index (χ2v) is 7.83. The molecule has 2 aromatic carbocycles. The monoisotopic (exact) mass is 395 g/mol. The molecule has 0 saturated carbocycles. The van der Waals surface area contributed by atoms with Crippen molar-refractivity contribution in [3.63, 3.8) is 0 Å². The molecule has 146 valence electrons. The summed E-state index contributed by atoms with van der Waals surface area (Å²) < 4.78 is 5.34. The van der Waals surface area contributed by atoms with E-state index in [9.17, 15) is 0 Å². The molecule has 2 heterocycles. The number of rotatable bonds is 6. The highest BCUT2D eigenvalue weighted by Gasteiger charge is 2.24. The second-order valence-electron chi connectivity index (χ2n) is 7.46. The highest BCUT2D eigenvalue weighted by atomic mass is 35.5.